The molecule has 3 rings (SSSR count). The lowest BCUT2D eigenvalue weighted by Gasteiger charge is -2.05. The fraction of sp³-hybridized carbons (Fsp3) is 0.167. The minimum absolute atomic E-state index is 0.0484. The molecule has 27 heavy (non-hydrogen) atoms. The Morgan fingerprint density at radius 3 is 2.41 bits per heavy atom. The van der Waals surface area contributed by atoms with E-state index in [1.165, 1.54) is 6.92 Å². The molecule has 1 aromatic carbocycles. The second-order valence-electron chi connectivity index (χ2n) is 6.08. The number of aryl methyl sites for hydroxylation is 2. The SMILES string of the molecule is Cc1ccc(-c2ccc(CC(=O)Nc3nc(C)c(S(N)(=O)=O)s3)cc2)nc1. The Morgan fingerprint density at radius 2 is 1.85 bits per heavy atom. The van der Waals surface area contributed by atoms with Gasteiger partial charge in [0, 0.05) is 11.8 Å². The van der Waals surface area contributed by atoms with Gasteiger partial charge in [-0.1, -0.05) is 41.7 Å². The largest absolute Gasteiger partial charge is 0.302 e. The number of nitrogens with zero attached hydrogens (tertiary/aromatic N) is 2. The maximum Gasteiger partial charge on any atom is 0.249 e. The van der Waals surface area contributed by atoms with Crippen molar-refractivity contribution < 1.29 is 13.2 Å². The zero-order valence-corrected chi connectivity index (χ0v) is 16.4. The van der Waals surface area contributed by atoms with Crippen LogP contribution in [0.5, 0.6) is 0 Å². The first-order valence-corrected chi connectivity index (χ1v) is 10.4. The molecule has 1 amide bonds. The Kier molecular flexibility index (Phi) is 5.36. The van der Waals surface area contributed by atoms with E-state index in [0.29, 0.717) is 0 Å². The summed E-state index contributed by atoms with van der Waals surface area (Å²) < 4.78 is 22.8. The minimum Gasteiger partial charge on any atom is -0.302 e. The average molecular weight is 403 g/mol. The molecular formula is C18H18N4O3S2. The van der Waals surface area contributed by atoms with Crippen molar-refractivity contribution in [1.82, 2.24) is 9.97 Å². The molecule has 3 aromatic rings. The predicted molar refractivity (Wildman–Crippen MR) is 105 cm³/mol. The maximum atomic E-state index is 12.2. The number of anilines is 1. The second kappa shape index (κ2) is 7.55. The first-order chi connectivity index (χ1) is 12.7. The smallest absolute Gasteiger partial charge is 0.249 e. The van der Waals surface area contributed by atoms with Gasteiger partial charge in [-0.2, -0.15) is 0 Å². The Hall–Kier alpha value is -2.62. The zero-order chi connectivity index (χ0) is 19.6. The van der Waals surface area contributed by atoms with E-state index in [-0.39, 0.29) is 27.4 Å². The first-order valence-electron chi connectivity index (χ1n) is 8.04. The summed E-state index contributed by atoms with van der Waals surface area (Å²) in [6.07, 6.45) is 1.95. The maximum absolute atomic E-state index is 12.2. The summed E-state index contributed by atoms with van der Waals surface area (Å²) in [5, 5.41) is 7.94. The third-order valence-corrected chi connectivity index (χ3v) is 6.41. The van der Waals surface area contributed by atoms with Crippen LogP contribution in [-0.4, -0.2) is 24.3 Å². The van der Waals surface area contributed by atoms with E-state index < -0.39 is 10.0 Å². The number of hydrogen-bond donors (Lipinski definition) is 2. The van der Waals surface area contributed by atoms with Gasteiger partial charge in [0.25, 0.3) is 0 Å². The normalized spacial score (nSPS) is 11.4. The van der Waals surface area contributed by atoms with Crippen molar-refractivity contribution in [2.45, 2.75) is 24.5 Å². The molecule has 0 fully saturated rings. The Morgan fingerprint density at radius 1 is 1.15 bits per heavy atom. The van der Waals surface area contributed by atoms with Crippen molar-refractivity contribution in [3.63, 3.8) is 0 Å². The van der Waals surface area contributed by atoms with E-state index in [9.17, 15) is 13.2 Å². The number of aromatic nitrogens is 2. The van der Waals surface area contributed by atoms with Crippen LogP contribution in [0.3, 0.4) is 0 Å². The topological polar surface area (TPSA) is 115 Å². The molecule has 140 valence electrons. The van der Waals surface area contributed by atoms with Crippen LogP contribution in [0, 0.1) is 13.8 Å². The third-order valence-electron chi connectivity index (χ3n) is 3.78. The van der Waals surface area contributed by atoms with Crippen molar-refractivity contribution in [2.75, 3.05) is 5.32 Å². The number of thiazole rings is 1. The number of carbonyl (C=O) groups excluding carboxylic acids is 1. The van der Waals surface area contributed by atoms with Gasteiger partial charge in [-0.3, -0.25) is 9.78 Å². The molecule has 0 spiro atoms. The lowest BCUT2D eigenvalue weighted by atomic mass is 10.1. The number of sulfonamides is 1. The fourth-order valence-corrected chi connectivity index (χ4v) is 4.36. The standard InChI is InChI=1S/C18H18N4O3S2/c1-11-3-8-15(20-10-11)14-6-4-13(5-7-14)9-16(23)22-18-21-12(2)17(26-18)27(19,24)25/h3-8,10H,9H2,1-2H3,(H2,19,24,25)(H,21,22,23). The minimum atomic E-state index is -3.84. The summed E-state index contributed by atoms with van der Waals surface area (Å²) in [5.41, 5.74) is 4.02. The Labute approximate surface area is 161 Å². The van der Waals surface area contributed by atoms with Crippen LogP contribution in [0.25, 0.3) is 11.3 Å². The summed E-state index contributed by atoms with van der Waals surface area (Å²) in [7, 11) is -3.84. The number of hydrogen-bond acceptors (Lipinski definition) is 6. The molecule has 0 unspecified atom stereocenters. The van der Waals surface area contributed by atoms with Gasteiger partial charge in [-0.25, -0.2) is 18.5 Å². The molecule has 0 aliphatic rings. The van der Waals surface area contributed by atoms with Crippen LogP contribution < -0.4 is 10.5 Å². The van der Waals surface area contributed by atoms with E-state index in [1.54, 1.807) is 0 Å². The van der Waals surface area contributed by atoms with Crippen LogP contribution in [0.1, 0.15) is 16.8 Å². The average Bonchev–Trinajstić information content (AvgIpc) is 2.97. The van der Waals surface area contributed by atoms with Crippen molar-refractivity contribution in [3.8, 4) is 11.3 Å². The van der Waals surface area contributed by atoms with Gasteiger partial charge in [-0.05, 0) is 31.0 Å². The quantitative estimate of drug-likeness (QED) is 0.681. The summed E-state index contributed by atoms with van der Waals surface area (Å²) in [6.45, 7) is 3.51. The molecule has 7 nitrogen and oxygen atoms in total. The fourth-order valence-electron chi connectivity index (χ4n) is 2.48. The van der Waals surface area contributed by atoms with E-state index in [2.05, 4.69) is 15.3 Å². The van der Waals surface area contributed by atoms with E-state index in [1.807, 2.05) is 49.5 Å². The number of nitrogens with two attached hydrogens (primary N) is 1. The molecule has 2 aromatic heterocycles. The van der Waals surface area contributed by atoms with Crippen molar-refractivity contribution >= 4 is 32.4 Å². The summed E-state index contributed by atoms with van der Waals surface area (Å²) in [5.74, 6) is -0.286. The molecule has 0 saturated carbocycles. The Balaban J connectivity index is 1.67. The number of primary sulfonamides is 1. The van der Waals surface area contributed by atoms with E-state index >= 15 is 0 Å². The molecule has 0 aliphatic carbocycles. The molecule has 2 heterocycles. The number of benzene rings is 1. The highest BCUT2D eigenvalue weighted by Crippen LogP contribution is 2.26. The first kappa shape index (κ1) is 19.2. The monoisotopic (exact) mass is 402 g/mol. The highest BCUT2D eigenvalue weighted by Gasteiger charge is 2.18. The van der Waals surface area contributed by atoms with Gasteiger partial charge >= 0.3 is 0 Å². The number of rotatable bonds is 5. The summed E-state index contributed by atoms with van der Waals surface area (Å²) in [6, 6.07) is 11.5. The number of amides is 1. The summed E-state index contributed by atoms with van der Waals surface area (Å²) >= 11 is 0.842. The lowest BCUT2D eigenvalue weighted by Crippen LogP contribution is -2.14. The third kappa shape index (κ3) is 4.76. The molecule has 9 heteroatoms. The number of carbonyl (C=O) groups is 1. The molecule has 3 N–H and O–H groups in total. The molecular weight excluding hydrogens is 384 g/mol. The van der Waals surface area contributed by atoms with Gasteiger partial charge in [0.05, 0.1) is 17.8 Å². The van der Waals surface area contributed by atoms with Crippen molar-refractivity contribution in [3.05, 3.63) is 59.4 Å². The van der Waals surface area contributed by atoms with Crippen molar-refractivity contribution in [1.29, 1.82) is 0 Å². The lowest BCUT2D eigenvalue weighted by molar-refractivity contribution is -0.115. The van der Waals surface area contributed by atoms with Gasteiger partial charge < -0.3 is 5.32 Å². The summed E-state index contributed by atoms with van der Waals surface area (Å²) in [4.78, 5) is 20.6. The highest BCUT2D eigenvalue weighted by molar-refractivity contribution is 7.91. The van der Waals surface area contributed by atoms with Gasteiger partial charge in [0.1, 0.15) is 0 Å². The van der Waals surface area contributed by atoms with Gasteiger partial charge in [0.15, 0.2) is 9.34 Å². The van der Waals surface area contributed by atoms with E-state index in [0.717, 1.165) is 33.7 Å². The van der Waals surface area contributed by atoms with Crippen LogP contribution >= 0.6 is 11.3 Å². The molecule has 0 radical (unpaired) electrons. The van der Waals surface area contributed by atoms with E-state index in [4.69, 9.17) is 5.14 Å². The van der Waals surface area contributed by atoms with Crippen LogP contribution in [0.4, 0.5) is 5.13 Å². The van der Waals surface area contributed by atoms with Crippen LogP contribution in [0.2, 0.25) is 0 Å². The Bertz CT molecular complexity index is 1070. The highest BCUT2D eigenvalue weighted by atomic mass is 32.2. The molecule has 0 atom stereocenters. The van der Waals surface area contributed by atoms with Crippen LogP contribution in [-0.2, 0) is 21.2 Å². The van der Waals surface area contributed by atoms with Crippen LogP contribution in [0.15, 0.2) is 46.8 Å². The van der Waals surface area contributed by atoms with Gasteiger partial charge in [0.2, 0.25) is 15.9 Å². The van der Waals surface area contributed by atoms with Crippen molar-refractivity contribution in [2.24, 2.45) is 5.14 Å². The van der Waals surface area contributed by atoms with Gasteiger partial charge in [-0.15, -0.1) is 0 Å². The zero-order valence-electron chi connectivity index (χ0n) is 14.8. The number of nitrogens with one attached hydrogen (secondary N) is 1. The molecule has 0 bridgehead atoms. The number of pyridine rings is 1. The predicted octanol–water partition coefficient (Wildman–Crippen LogP) is 2.65. The second-order valence-corrected chi connectivity index (χ2v) is 8.84. The molecule has 0 saturated heterocycles. The molecule has 0 aliphatic heterocycles.